The molecule has 0 unspecified atom stereocenters. The van der Waals surface area contributed by atoms with Crippen LogP contribution in [0, 0.1) is 0 Å². The molecule has 1 saturated heterocycles. The van der Waals surface area contributed by atoms with E-state index in [0.717, 1.165) is 0 Å². The van der Waals surface area contributed by atoms with Crippen molar-refractivity contribution in [3.63, 3.8) is 0 Å². The van der Waals surface area contributed by atoms with Crippen LogP contribution in [0.5, 0.6) is 0 Å². The van der Waals surface area contributed by atoms with Gasteiger partial charge in [0.15, 0.2) is 0 Å². The summed E-state index contributed by atoms with van der Waals surface area (Å²) < 4.78 is 44.0. The molecular weight excluding hydrogens is 379 g/mol. The van der Waals surface area contributed by atoms with E-state index < -0.39 is 12.1 Å². The number of rotatable bonds is 3. The molecule has 1 aliphatic heterocycles. The molecule has 1 fully saturated rings. The fraction of sp³-hybridized carbons (Fsp3) is 0.375. The number of piperidine rings is 1. The summed E-state index contributed by atoms with van der Waals surface area (Å²) in [7, 11) is 0. The Balaban J connectivity index is 1.42. The van der Waals surface area contributed by atoms with Gasteiger partial charge in [-0.2, -0.15) is 13.2 Å². The minimum Gasteiger partial charge on any atom is -0.417 e. The molecule has 3 aromatic rings. The number of halogens is 3. The molecule has 0 radical (unpaired) electrons. The van der Waals surface area contributed by atoms with Gasteiger partial charge in [-0.25, -0.2) is 4.68 Å². The summed E-state index contributed by atoms with van der Waals surface area (Å²) in [6.07, 6.45) is -2.35. The lowest BCUT2D eigenvalue weighted by Crippen LogP contribution is -2.38. The first-order chi connectivity index (χ1) is 13.4. The van der Waals surface area contributed by atoms with Gasteiger partial charge < -0.3 is 9.32 Å². The number of alkyl halides is 3. The van der Waals surface area contributed by atoms with Gasteiger partial charge in [-0.3, -0.25) is 4.79 Å². The maximum Gasteiger partial charge on any atom is 0.470 e. The zero-order valence-electron chi connectivity index (χ0n) is 14.4. The summed E-state index contributed by atoms with van der Waals surface area (Å²) in [5, 5.41) is 17.5. The van der Waals surface area contributed by atoms with Crippen LogP contribution in [0.2, 0.25) is 0 Å². The summed E-state index contributed by atoms with van der Waals surface area (Å²) >= 11 is 0. The Bertz CT molecular complexity index is 963. The van der Waals surface area contributed by atoms with Gasteiger partial charge in [0.25, 0.3) is 5.91 Å². The van der Waals surface area contributed by atoms with Crippen molar-refractivity contribution in [3.8, 4) is 5.69 Å². The van der Waals surface area contributed by atoms with Crippen molar-refractivity contribution >= 4 is 5.91 Å². The van der Waals surface area contributed by atoms with E-state index in [1.54, 1.807) is 29.2 Å². The maximum absolute atomic E-state index is 12.8. The predicted octanol–water partition coefficient (Wildman–Crippen LogP) is 2.08. The van der Waals surface area contributed by atoms with Crippen molar-refractivity contribution in [3.05, 3.63) is 47.9 Å². The minimum absolute atomic E-state index is 0.0416. The third-order valence-electron chi connectivity index (χ3n) is 4.52. The highest BCUT2D eigenvalue weighted by molar-refractivity contribution is 5.94. The standard InChI is InChI=1S/C16H14F3N7O2/c17-16(18,19)15-22-21-13(28-15)10-4-6-25(7-5-10)14(27)11-2-1-3-12(8-11)26-9-20-23-24-26/h1-3,8-10H,4-7H2. The fourth-order valence-corrected chi connectivity index (χ4v) is 3.09. The quantitative estimate of drug-likeness (QED) is 0.671. The number of hydrogen-bond acceptors (Lipinski definition) is 7. The van der Waals surface area contributed by atoms with Crippen molar-refractivity contribution in [1.29, 1.82) is 0 Å². The Labute approximate surface area is 156 Å². The van der Waals surface area contributed by atoms with Crippen LogP contribution in [0.25, 0.3) is 5.69 Å². The number of likely N-dealkylation sites (tertiary alicyclic amines) is 1. The van der Waals surface area contributed by atoms with Crippen LogP contribution in [0.1, 0.15) is 40.9 Å². The maximum atomic E-state index is 12.8. The highest BCUT2D eigenvalue weighted by Gasteiger charge is 2.39. The third kappa shape index (κ3) is 3.57. The molecule has 2 aromatic heterocycles. The summed E-state index contributed by atoms with van der Waals surface area (Å²) in [5.41, 5.74) is 1.12. The highest BCUT2D eigenvalue weighted by atomic mass is 19.4. The van der Waals surface area contributed by atoms with Crippen LogP contribution in [0.15, 0.2) is 35.0 Å². The first-order valence-corrected chi connectivity index (χ1v) is 8.45. The topological polar surface area (TPSA) is 103 Å². The molecule has 0 atom stereocenters. The Kier molecular flexibility index (Phi) is 4.53. The summed E-state index contributed by atoms with van der Waals surface area (Å²) in [6.45, 7) is 0.755. The van der Waals surface area contributed by atoms with Crippen LogP contribution in [0.4, 0.5) is 13.2 Å². The third-order valence-corrected chi connectivity index (χ3v) is 4.52. The van der Waals surface area contributed by atoms with E-state index in [4.69, 9.17) is 4.42 Å². The second kappa shape index (κ2) is 7.02. The van der Waals surface area contributed by atoms with Crippen molar-refractivity contribution in [2.75, 3.05) is 13.1 Å². The zero-order valence-corrected chi connectivity index (χ0v) is 14.4. The van der Waals surface area contributed by atoms with Gasteiger partial charge in [-0.15, -0.1) is 15.3 Å². The van der Waals surface area contributed by atoms with Crippen LogP contribution in [0.3, 0.4) is 0 Å². The lowest BCUT2D eigenvalue weighted by atomic mass is 9.96. The van der Waals surface area contributed by atoms with E-state index in [-0.39, 0.29) is 17.7 Å². The molecule has 0 spiro atoms. The van der Waals surface area contributed by atoms with Crippen LogP contribution < -0.4 is 0 Å². The van der Waals surface area contributed by atoms with Crippen molar-refractivity contribution in [2.45, 2.75) is 24.9 Å². The number of aromatic nitrogens is 6. The van der Waals surface area contributed by atoms with E-state index in [0.29, 0.717) is 37.2 Å². The molecule has 9 nitrogen and oxygen atoms in total. The van der Waals surface area contributed by atoms with Crippen molar-refractivity contribution in [1.82, 2.24) is 35.3 Å². The van der Waals surface area contributed by atoms with Crippen molar-refractivity contribution in [2.24, 2.45) is 0 Å². The normalized spacial score (nSPS) is 15.8. The zero-order chi connectivity index (χ0) is 19.7. The molecule has 1 amide bonds. The van der Waals surface area contributed by atoms with Gasteiger partial charge in [0, 0.05) is 24.6 Å². The molecule has 12 heteroatoms. The van der Waals surface area contributed by atoms with Crippen LogP contribution >= 0.6 is 0 Å². The minimum atomic E-state index is -4.66. The summed E-state index contributed by atoms with van der Waals surface area (Å²) in [4.78, 5) is 14.4. The van der Waals surface area contributed by atoms with E-state index >= 15 is 0 Å². The molecule has 0 bridgehead atoms. The van der Waals surface area contributed by atoms with Gasteiger partial charge in [-0.05, 0) is 41.5 Å². The van der Waals surface area contributed by atoms with Crippen LogP contribution in [-0.2, 0) is 6.18 Å². The Morgan fingerprint density at radius 2 is 1.96 bits per heavy atom. The number of tetrazole rings is 1. The number of benzene rings is 1. The highest BCUT2D eigenvalue weighted by Crippen LogP contribution is 2.32. The van der Waals surface area contributed by atoms with Gasteiger partial charge in [-0.1, -0.05) is 6.07 Å². The second-order valence-electron chi connectivity index (χ2n) is 6.31. The average molecular weight is 393 g/mol. The molecular formula is C16H14F3N7O2. The number of carbonyl (C=O) groups is 1. The number of carbonyl (C=O) groups excluding carboxylic acids is 1. The first kappa shape index (κ1) is 18.1. The van der Waals surface area contributed by atoms with E-state index in [9.17, 15) is 18.0 Å². The Hall–Kier alpha value is -3.31. The van der Waals surface area contributed by atoms with E-state index in [1.807, 2.05) is 0 Å². The van der Waals surface area contributed by atoms with Gasteiger partial charge in [0.05, 0.1) is 5.69 Å². The lowest BCUT2D eigenvalue weighted by molar-refractivity contribution is -0.157. The van der Waals surface area contributed by atoms with Gasteiger partial charge in [0.1, 0.15) is 6.33 Å². The molecule has 0 aliphatic carbocycles. The van der Waals surface area contributed by atoms with E-state index in [2.05, 4.69) is 25.7 Å². The first-order valence-electron chi connectivity index (χ1n) is 8.45. The molecule has 1 aliphatic rings. The van der Waals surface area contributed by atoms with Gasteiger partial charge >= 0.3 is 12.1 Å². The molecule has 28 heavy (non-hydrogen) atoms. The Morgan fingerprint density at radius 1 is 1.18 bits per heavy atom. The predicted molar refractivity (Wildman–Crippen MR) is 86.3 cm³/mol. The summed E-state index contributed by atoms with van der Waals surface area (Å²) in [5.74, 6) is -1.87. The molecule has 3 heterocycles. The van der Waals surface area contributed by atoms with Crippen LogP contribution in [-0.4, -0.2) is 54.3 Å². The molecule has 0 N–H and O–H groups in total. The fourth-order valence-electron chi connectivity index (χ4n) is 3.09. The lowest BCUT2D eigenvalue weighted by Gasteiger charge is -2.30. The molecule has 4 rings (SSSR count). The molecule has 146 valence electrons. The molecule has 1 aromatic carbocycles. The second-order valence-corrected chi connectivity index (χ2v) is 6.31. The molecule has 0 saturated carbocycles. The monoisotopic (exact) mass is 393 g/mol. The average Bonchev–Trinajstić information content (AvgIpc) is 3.39. The SMILES string of the molecule is O=C(c1cccc(-n2cnnn2)c1)N1CCC(c2nnc(C(F)(F)F)o2)CC1. The van der Waals surface area contributed by atoms with Gasteiger partial charge in [0.2, 0.25) is 5.89 Å². The van der Waals surface area contributed by atoms with Crippen molar-refractivity contribution < 1.29 is 22.4 Å². The smallest absolute Gasteiger partial charge is 0.417 e. The number of hydrogen-bond donors (Lipinski definition) is 0. The van der Waals surface area contributed by atoms with E-state index in [1.165, 1.54) is 11.0 Å². The largest absolute Gasteiger partial charge is 0.470 e. The number of nitrogens with zero attached hydrogens (tertiary/aromatic N) is 7. The Morgan fingerprint density at radius 3 is 2.61 bits per heavy atom. The number of amides is 1. The summed E-state index contributed by atoms with van der Waals surface area (Å²) in [6, 6.07) is 6.87.